The van der Waals surface area contributed by atoms with Crippen LogP contribution in [0.15, 0.2) is 27.2 Å². The summed E-state index contributed by atoms with van der Waals surface area (Å²) in [5, 5.41) is 6.91. The standard InChI is InChI=1S/C12H13BrFN3O/c1-8-16-12(18-17-8)4-5-15-7-9-6-10(14)2-3-11(9)13/h2-3,6,15H,4-5,7H2,1H3. The molecule has 0 radical (unpaired) electrons. The van der Waals surface area contributed by atoms with Crippen molar-refractivity contribution in [1.82, 2.24) is 15.5 Å². The van der Waals surface area contributed by atoms with Gasteiger partial charge in [0.25, 0.3) is 0 Å². The predicted molar refractivity (Wildman–Crippen MR) is 68.5 cm³/mol. The summed E-state index contributed by atoms with van der Waals surface area (Å²) in [6.45, 7) is 3.07. The third-order valence-corrected chi connectivity index (χ3v) is 3.18. The third kappa shape index (κ3) is 3.61. The number of rotatable bonds is 5. The quantitative estimate of drug-likeness (QED) is 0.862. The molecule has 0 aliphatic heterocycles. The summed E-state index contributed by atoms with van der Waals surface area (Å²) in [6.07, 6.45) is 0.660. The van der Waals surface area contributed by atoms with E-state index in [1.807, 2.05) is 0 Å². The first-order valence-electron chi connectivity index (χ1n) is 5.59. The first-order chi connectivity index (χ1) is 8.65. The highest BCUT2D eigenvalue weighted by atomic mass is 79.9. The van der Waals surface area contributed by atoms with Crippen LogP contribution in [0.5, 0.6) is 0 Å². The van der Waals surface area contributed by atoms with Crippen molar-refractivity contribution in [1.29, 1.82) is 0 Å². The lowest BCUT2D eigenvalue weighted by Crippen LogP contribution is -2.17. The van der Waals surface area contributed by atoms with E-state index in [4.69, 9.17) is 4.52 Å². The first-order valence-corrected chi connectivity index (χ1v) is 6.38. The van der Waals surface area contributed by atoms with Crippen LogP contribution in [0.4, 0.5) is 4.39 Å². The molecular weight excluding hydrogens is 301 g/mol. The molecule has 0 aliphatic rings. The van der Waals surface area contributed by atoms with Gasteiger partial charge < -0.3 is 9.84 Å². The Kier molecular flexibility index (Phi) is 4.43. The van der Waals surface area contributed by atoms with Crippen LogP contribution >= 0.6 is 15.9 Å². The number of aromatic nitrogens is 2. The fourth-order valence-electron chi connectivity index (χ4n) is 1.54. The van der Waals surface area contributed by atoms with Gasteiger partial charge in [0.15, 0.2) is 5.82 Å². The van der Waals surface area contributed by atoms with Crippen molar-refractivity contribution in [3.63, 3.8) is 0 Å². The average molecular weight is 314 g/mol. The molecule has 4 nitrogen and oxygen atoms in total. The summed E-state index contributed by atoms with van der Waals surface area (Å²) in [4.78, 5) is 4.10. The van der Waals surface area contributed by atoms with Crippen molar-refractivity contribution < 1.29 is 8.91 Å². The summed E-state index contributed by atoms with van der Waals surface area (Å²) in [6, 6.07) is 4.64. The van der Waals surface area contributed by atoms with E-state index in [9.17, 15) is 4.39 Å². The van der Waals surface area contributed by atoms with E-state index < -0.39 is 0 Å². The van der Waals surface area contributed by atoms with Crippen molar-refractivity contribution >= 4 is 15.9 Å². The number of hydrogen-bond acceptors (Lipinski definition) is 4. The van der Waals surface area contributed by atoms with Gasteiger partial charge in [0.1, 0.15) is 5.82 Å². The van der Waals surface area contributed by atoms with Crippen LogP contribution in [0.25, 0.3) is 0 Å². The normalized spacial score (nSPS) is 10.8. The van der Waals surface area contributed by atoms with Crippen LogP contribution in [0.1, 0.15) is 17.3 Å². The Morgan fingerprint density at radius 2 is 2.28 bits per heavy atom. The van der Waals surface area contributed by atoms with E-state index >= 15 is 0 Å². The number of aryl methyl sites for hydroxylation is 1. The van der Waals surface area contributed by atoms with Crippen LogP contribution in [-0.2, 0) is 13.0 Å². The molecule has 0 aliphatic carbocycles. The second-order valence-corrected chi connectivity index (χ2v) is 4.75. The largest absolute Gasteiger partial charge is 0.339 e. The van der Waals surface area contributed by atoms with Crippen molar-refractivity contribution in [2.75, 3.05) is 6.54 Å². The Morgan fingerprint density at radius 3 is 3.00 bits per heavy atom. The van der Waals surface area contributed by atoms with Crippen molar-refractivity contribution in [2.45, 2.75) is 19.9 Å². The summed E-state index contributed by atoms with van der Waals surface area (Å²) in [5.74, 6) is 1.01. The van der Waals surface area contributed by atoms with Gasteiger partial charge in [-0.1, -0.05) is 21.1 Å². The van der Waals surface area contributed by atoms with Gasteiger partial charge in [0.2, 0.25) is 5.89 Å². The lowest BCUT2D eigenvalue weighted by atomic mass is 10.2. The van der Waals surface area contributed by atoms with Gasteiger partial charge in [-0.2, -0.15) is 4.98 Å². The molecule has 1 N–H and O–H groups in total. The lowest BCUT2D eigenvalue weighted by molar-refractivity contribution is 0.372. The zero-order valence-electron chi connectivity index (χ0n) is 9.91. The third-order valence-electron chi connectivity index (χ3n) is 2.41. The fourth-order valence-corrected chi connectivity index (χ4v) is 1.93. The van der Waals surface area contributed by atoms with Gasteiger partial charge >= 0.3 is 0 Å². The van der Waals surface area contributed by atoms with Gasteiger partial charge in [-0.05, 0) is 30.7 Å². The highest BCUT2D eigenvalue weighted by molar-refractivity contribution is 9.10. The maximum absolute atomic E-state index is 13.0. The smallest absolute Gasteiger partial charge is 0.227 e. The first kappa shape index (κ1) is 13.2. The van der Waals surface area contributed by atoms with Crippen molar-refractivity contribution in [2.24, 2.45) is 0 Å². The van der Waals surface area contributed by atoms with Crippen LogP contribution < -0.4 is 5.32 Å². The molecule has 0 unspecified atom stereocenters. The number of nitrogens with one attached hydrogen (secondary N) is 1. The summed E-state index contributed by atoms with van der Waals surface area (Å²) in [7, 11) is 0. The Labute approximate surface area is 113 Å². The molecule has 0 amide bonds. The maximum atomic E-state index is 13.0. The van der Waals surface area contributed by atoms with Gasteiger partial charge in [-0.15, -0.1) is 0 Å². The molecule has 0 spiro atoms. The number of halogens is 2. The van der Waals surface area contributed by atoms with Gasteiger partial charge in [0, 0.05) is 24.0 Å². The second-order valence-electron chi connectivity index (χ2n) is 3.90. The molecule has 0 fully saturated rings. The minimum absolute atomic E-state index is 0.234. The number of hydrogen-bond donors (Lipinski definition) is 1. The molecule has 0 bridgehead atoms. The molecule has 1 aromatic carbocycles. The zero-order chi connectivity index (χ0) is 13.0. The van der Waals surface area contributed by atoms with Crippen molar-refractivity contribution in [3.05, 3.63) is 45.8 Å². The highest BCUT2D eigenvalue weighted by Crippen LogP contribution is 2.17. The number of benzene rings is 1. The van der Waals surface area contributed by atoms with Crippen LogP contribution in [-0.4, -0.2) is 16.7 Å². The maximum Gasteiger partial charge on any atom is 0.227 e. The topological polar surface area (TPSA) is 51.0 Å². The van der Waals surface area contributed by atoms with Crippen LogP contribution in [0.3, 0.4) is 0 Å². The lowest BCUT2D eigenvalue weighted by Gasteiger charge is -2.05. The minimum Gasteiger partial charge on any atom is -0.339 e. The molecule has 18 heavy (non-hydrogen) atoms. The Balaban J connectivity index is 1.80. The highest BCUT2D eigenvalue weighted by Gasteiger charge is 2.04. The molecule has 1 aromatic heterocycles. The zero-order valence-corrected chi connectivity index (χ0v) is 11.5. The fraction of sp³-hybridized carbons (Fsp3) is 0.333. The number of nitrogens with zero attached hydrogens (tertiary/aromatic N) is 2. The van der Waals surface area contributed by atoms with E-state index in [2.05, 4.69) is 31.4 Å². The Bertz CT molecular complexity index is 530. The van der Waals surface area contributed by atoms with Gasteiger partial charge in [0.05, 0.1) is 0 Å². The SMILES string of the molecule is Cc1noc(CCNCc2cc(F)ccc2Br)n1. The molecule has 96 valence electrons. The van der Waals surface area contributed by atoms with E-state index in [0.717, 1.165) is 10.0 Å². The summed E-state index contributed by atoms with van der Waals surface area (Å²) >= 11 is 3.38. The molecule has 6 heteroatoms. The predicted octanol–water partition coefficient (Wildman–Crippen LogP) is 2.61. The molecule has 0 saturated heterocycles. The van der Waals surface area contributed by atoms with Crippen molar-refractivity contribution in [3.8, 4) is 0 Å². The second kappa shape index (κ2) is 6.06. The summed E-state index contributed by atoms with van der Waals surface area (Å²) < 4.78 is 18.9. The van der Waals surface area contributed by atoms with E-state index in [1.165, 1.54) is 12.1 Å². The van der Waals surface area contributed by atoms with Crippen LogP contribution in [0, 0.1) is 12.7 Å². The Hall–Kier alpha value is -1.27. The van der Waals surface area contributed by atoms with Gasteiger partial charge in [-0.3, -0.25) is 0 Å². The molecule has 2 aromatic rings. The minimum atomic E-state index is -0.234. The monoisotopic (exact) mass is 313 g/mol. The molecular formula is C12H13BrFN3O. The van der Waals surface area contributed by atoms with Gasteiger partial charge in [-0.25, -0.2) is 4.39 Å². The van der Waals surface area contributed by atoms with E-state index in [-0.39, 0.29) is 5.82 Å². The summed E-state index contributed by atoms with van der Waals surface area (Å²) in [5.41, 5.74) is 0.886. The molecule has 0 atom stereocenters. The van der Waals surface area contributed by atoms with Crippen LogP contribution in [0.2, 0.25) is 0 Å². The molecule has 0 saturated carbocycles. The molecule has 2 rings (SSSR count). The van der Waals surface area contributed by atoms with E-state index in [1.54, 1.807) is 13.0 Å². The average Bonchev–Trinajstić information content (AvgIpc) is 2.75. The van der Waals surface area contributed by atoms with E-state index in [0.29, 0.717) is 31.2 Å². The Morgan fingerprint density at radius 1 is 1.44 bits per heavy atom. The molecule has 1 heterocycles.